The second-order valence-electron chi connectivity index (χ2n) is 3.71. The third kappa shape index (κ3) is 2.99. The summed E-state index contributed by atoms with van der Waals surface area (Å²) in [6.45, 7) is 1.93. The molecule has 4 nitrogen and oxygen atoms in total. The normalized spacial score (nSPS) is 23.7. The van der Waals surface area contributed by atoms with Crippen LogP contribution in [0, 0.1) is 0 Å². The first-order valence-electron chi connectivity index (χ1n) is 5.20. The molecule has 0 radical (unpaired) electrons. The van der Waals surface area contributed by atoms with Gasteiger partial charge < -0.3 is 15.2 Å². The smallest absolute Gasteiger partial charge is 0.0963 e. The van der Waals surface area contributed by atoms with Crippen molar-refractivity contribution < 1.29 is 9.47 Å². The Morgan fingerprint density at radius 3 is 2.87 bits per heavy atom. The predicted octanol–water partition coefficient (Wildman–Crippen LogP) is 0.367. The molecule has 1 fully saturated rings. The van der Waals surface area contributed by atoms with E-state index in [9.17, 15) is 0 Å². The van der Waals surface area contributed by atoms with Crippen LogP contribution >= 0.6 is 0 Å². The lowest BCUT2D eigenvalue weighted by atomic mass is 10.0. The molecule has 2 heterocycles. The van der Waals surface area contributed by atoms with E-state index >= 15 is 0 Å². The monoisotopic (exact) mass is 208 g/mol. The lowest BCUT2D eigenvalue weighted by Gasteiger charge is -2.27. The minimum absolute atomic E-state index is 0.00676. The van der Waals surface area contributed by atoms with Gasteiger partial charge in [0, 0.05) is 18.4 Å². The van der Waals surface area contributed by atoms with Gasteiger partial charge in [0.05, 0.1) is 25.9 Å². The zero-order valence-electron chi connectivity index (χ0n) is 8.63. The average Bonchev–Trinajstić information content (AvgIpc) is 2.31. The molecule has 0 bridgehead atoms. The molecule has 1 aliphatic rings. The fourth-order valence-electron chi connectivity index (χ4n) is 1.68. The number of nitrogens with zero attached hydrogens (tertiary/aromatic N) is 1. The van der Waals surface area contributed by atoms with Crippen LogP contribution in [0.2, 0.25) is 0 Å². The van der Waals surface area contributed by atoms with Crippen LogP contribution in [0.1, 0.15) is 5.56 Å². The summed E-state index contributed by atoms with van der Waals surface area (Å²) in [5.74, 6) is 0. The van der Waals surface area contributed by atoms with Crippen molar-refractivity contribution in [3.63, 3.8) is 0 Å². The quantitative estimate of drug-likeness (QED) is 0.779. The molecule has 0 amide bonds. The molecule has 0 aliphatic carbocycles. The highest BCUT2D eigenvalue weighted by Gasteiger charge is 2.21. The molecule has 1 aromatic heterocycles. The zero-order chi connectivity index (χ0) is 10.5. The standard InChI is InChI=1S/C11H16N2O2/c12-10(11-8-14-5-6-15-11)7-9-1-3-13-4-2-9/h1-4,10-11H,5-8,12H2. The van der Waals surface area contributed by atoms with Crippen molar-refractivity contribution in [3.05, 3.63) is 30.1 Å². The van der Waals surface area contributed by atoms with E-state index < -0.39 is 0 Å². The van der Waals surface area contributed by atoms with Gasteiger partial charge >= 0.3 is 0 Å². The van der Waals surface area contributed by atoms with E-state index in [1.54, 1.807) is 12.4 Å². The maximum absolute atomic E-state index is 6.06. The third-order valence-electron chi connectivity index (χ3n) is 2.54. The Kier molecular flexibility index (Phi) is 3.66. The molecule has 1 aliphatic heterocycles. The second kappa shape index (κ2) is 5.21. The van der Waals surface area contributed by atoms with Gasteiger partial charge in [-0.3, -0.25) is 4.98 Å². The maximum Gasteiger partial charge on any atom is 0.0963 e. The predicted molar refractivity (Wildman–Crippen MR) is 56.5 cm³/mol. The molecular formula is C11H16N2O2. The average molecular weight is 208 g/mol. The minimum atomic E-state index is -0.00676. The summed E-state index contributed by atoms with van der Waals surface area (Å²) in [5.41, 5.74) is 7.24. The number of hydrogen-bond donors (Lipinski definition) is 1. The molecule has 0 aromatic carbocycles. The van der Waals surface area contributed by atoms with Gasteiger partial charge in [0.2, 0.25) is 0 Å². The van der Waals surface area contributed by atoms with Crippen LogP contribution < -0.4 is 5.73 Å². The second-order valence-corrected chi connectivity index (χ2v) is 3.71. The van der Waals surface area contributed by atoms with E-state index in [2.05, 4.69) is 4.98 Å². The highest BCUT2D eigenvalue weighted by atomic mass is 16.6. The molecule has 1 saturated heterocycles. The number of hydrogen-bond acceptors (Lipinski definition) is 4. The van der Waals surface area contributed by atoms with E-state index in [-0.39, 0.29) is 12.1 Å². The van der Waals surface area contributed by atoms with Gasteiger partial charge in [0.25, 0.3) is 0 Å². The van der Waals surface area contributed by atoms with E-state index in [0.29, 0.717) is 19.8 Å². The van der Waals surface area contributed by atoms with Gasteiger partial charge in [-0.15, -0.1) is 0 Å². The summed E-state index contributed by atoms with van der Waals surface area (Å²) in [6, 6.07) is 3.94. The van der Waals surface area contributed by atoms with Crippen molar-refractivity contribution in [2.24, 2.45) is 5.73 Å². The molecular weight excluding hydrogens is 192 g/mol. The van der Waals surface area contributed by atoms with E-state index in [1.165, 1.54) is 5.56 Å². The Morgan fingerprint density at radius 1 is 1.40 bits per heavy atom. The summed E-state index contributed by atoms with van der Waals surface area (Å²) in [6.07, 6.45) is 4.38. The molecule has 2 N–H and O–H groups in total. The molecule has 1 aromatic rings. The Bertz CT molecular complexity index is 286. The van der Waals surface area contributed by atoms with Gasteiger partial charge in [-0.2, -0.15) is 0 Å². The highest BCUT2D eigenvalue weighted by molar-refractivity contribution is 5.11. The van der Waals surface area contributed by atoms with Crippen LogP contribution in [0.5, 0.6) is 0 Å². The topological polar surface area (TPSA) is 57.4 Å². The summed E-state index contributed by atoms with van der Waals surface area (Å²) in [7, 11) is 0. The van der Waals surface area contributed by atoms with Crippen molar-refractivity contribution in [1.82, 2.24) is 4.98 Å². The molecule has 0 spiro atoms. The highest BCUT2D eigenvalue weighted by Crippen LogP contribution is 2.09. The lowest BCUT2D eigenvalue weighted by Crippen LogP contribution is -2.44. The molecule has 2 rings (SSSR count). The molecule has 0 saturated carbocycles. The van der Waals surface area contributed by atoms with E-state index in [1.807, 2.05) is 12.1 Å². The van der Waals surface area contributed by atoms with Gasteiger partial charge in [-0.05, 0) is 24.1 Å². The van der Waals surface area contributed by atoms with Gasteiger partial charge in [-0.1, -0.05) is 0 Å². The lowest BCUT2D eigenvalue weighted by molar-refractivity contribution is -0.0967. The van der Waals surface area contributed by atoms with Crippen molar-refractivity contribution in [1.29, 1.82) is 0 Å². The van der Waals surface area contributed by atoms with Crippen LogP contribution in [-0.4, -0.2) is 37.0 Å². The first-order chi connectivity index (χ1) is 7.36. The fraction of sp³-hybridized carbons (Fsp3) is 0.545. The van der Waals surface area contributed by atoms with Crippen LogP contribution in [-0.2, 0) is 15.9 Å². The van der Waals surface area contributed by atoms with Crippen LogP contribution in [0.3, 0.4) is 0 Å². The SMILES string of the molecule is NC(Cc1ccncc1)C1COCCO1. The molecule has 15 heavy (non-hydrogen) atoms. The third-order valence-corrected chi connectivity index (χ3v) is 2.54. The van der Waals surface area contributed by atoms with Crippen molar-refractivity contribution >= 4 is 0 Å². The number of nitrogens with two attached hydrogens (primary N) is 1. The summed E-state index contributed by atoms with van der Waals surface area (Å²) in [5, 5.41) is 0. The largest absolute Gasteiger partial charge is 0.376 e. The first-order valence-corrected chi connectivity index (χ1v) is 5.20. The molecule has 2 unspecified atom stereocenters. The van der Waals surface area contributed by atoms with Crippen LogP contribution in [0.25, 0.3) is 0 Å². The van der Waals surface area contributed by atoms with Crippen molar-refractivity contribution in [3.8, 4) is 0 Å². The Balaban J connectivity index is 1.88. The number of pyridine rings is 1. The van der Waals surface area contributed by atoms with Crippen molar-refractivity contribution in [2.75, 3.05) is 19.8 Å². The Morgan fingerprint density at radius 2 is 2.20 bits per heavy atom. The van der Waals surface area contributed by atoms with Crippen LogP contribution in [0.4, 0.5) is 0 Å². The summed E-state index contributed by atoms with van der Waals surface area (Å²) < 4.78 is 10.9. The molecule has 82 valence electrons. The van der Waals surface area contributed by atoms with E-state index in [4.69, 9.17) is 15.2 Å². The van der Waals surface area contributed by atoms with Gasteiger partial charge in [-0.25, -0.2) is 0 Å². The number of rotatable bonds is 3. The number of ether oxygens (including phenoxy) is 2. The molecule has 2 atom stereocenters. The van der Waals surface area contributed by atoms with Crippen LogP contribution in [0.15, 0.2) is 24.5 Å². The molecule has 4 heteroatoms. The summed E-state index contributed by atoms with van der Waals surface area (Å²) >= 11 is 0. The summed E-state index contributed by atoms with van der Waals surface area (Å²) in [4.78, 5) is 3.97. The van der Waals surface area contributed by atoms with Gasteiger partial charge in [0.1, 0.15) is 0 Å². The first kappa shape index (κ1) is 10.5. The zero-order valence-corrected chi connectivity index (χ0v) is 8.63. The Hall–Kier alpha value is -0.970. The minimum Gasteiger partial charge on any atom is -0.376 e. The maximum atomic E-state index is 6.06. The number of aromatic nitrogens is 1. The van der Waals surface area contributed by atoms with Crippen molar-refractivity contribution in [2.45, 2.75) is 18.6 Å². The van der Waals surface area contributed by atoms with E-state index in [0.717, 1.165) is 6.42 Å². The fourth-order valence-corrected chi connectivity index (χ4v) is 1.68. The van der Waals surface area contributed by atoms with Gasteiger partial charge in [0.15, 0.2) is 0 Å². The Labute approximate surface area is 89.4 Å².